The highest BCUT2D eigenvalue weighted by molar-refractivity contribution is 4.91. The number of aliphatic hydroxyl groups is 4. The Hall–Kier alpha value is -1.46. The summed E-state index contributed by atoms with van der Waals surface area (Å²) in [6.07, 6.45) is 30.6. The quantitative estimate of drug-likeness (QED) is 0.155. The maximum Gasteiger partial charge on any atom is 0.0319 e. The summed E-state index contributed by atoms with van der Waals surface area (Å²) in [5.41, 5.74) is 0. The van der Waals surface area contributed by atoms with Crippen LogP contribution in [-0.2, 0) is 0 Å². The van der Waals surface area contributed by atoms with Crippen molar-refractivity contribution >= 4 is 0 Å². The molecule has 0 amide bonds. The first-order valence-electron chi connectivity index (χ1n) is 11.8. The smallest absolute Gasteiger partial charge is 0.0319 e. The van der Waals surface area contributed by atoms with Crippen molar-refractivity contribution in [3.05, 3.63) is 61.3 Å². The minimum absolute atomic E-state index is 0. The zero-order valence-electron chi connectivity index (χ0n) is 22.6. The molecule has 0 aromatic heterocycles. The Morgan fingerprint density at radius 2 is 0.794 bits per heavy atom. The largest absolute Gasteiger partial charge is 0.400 e. The molecule has 0 aromatic rings. The maximum absolute atomic E-state index is 7.00. The highest BCUT2D eigenvalue weighted by Gasteiger charge is 1.99. The number of aliphatic hydroxyl groups excluding tert-OH is 4. The summed E-state index contributed by atoms with van der Waals surface area (Å²) in [6.45, 7) is 12.6. The molecule has 34 heavy (non-hydrogen) atoms. The summed E-state index contributed by atoms with van der Waals surface area (Å²) < 4.78 is 0. The molecule has 1 unspecified atom stereocenters. The highest BCUT2D eigenvalue weighted by Crippen LogP contribution is 2.13. The van der Waals surface area contributed by atoms with Crippen LogP contribution >= 0.6 is 0 Å². The summed E-state index contributed by atoms with van der Waals surface area (Å²) in [5.74, 6) is 0.652. The third-order valence-corrected chi connectivity index (χ3v) is 3.59. The molecule has 0 fully saturated rings. The molecule has 0 rings (SSSR count). The average molecular weight is 491 g/mol. The van der Waals surface area contributed by atoms with Gasteiger partial charge in [0, 0.05) is 28.4 Å². The first kappa shape index (κ1) is 53.8. The third kappa shape index (κ3) is 77.5. The van der Waals surface area contributed by atoms with Crippen molar-refractivity contribution in [1.82, 2.24) is 0 Å². The minimum Gasteiger partial charge on any atom is -0.400 e. The lowest BCUT2D eigenvalue weighted by Crippen LogP contribution is -1.93. The van der Waals surface area contributed by atoms with Crippen LogP contribution in [0.1, 0.15) is 100 Å². The Balaban J connectivity index is -0.0000000498. The zero-order valence-corrected chi connectivity index (χ0v) is 22.6. The van der Waals surface area contributed by atoms with E-state index in [9.17, 15) is 0 Å². The molecule has 210 valence electrons. The van der Waals surface area contributed by atoms with Gasteiger partial charge >= 0.3 is 0 Å². The van der Waals surface area contributed by atoms with Crippen LogP contribution < -0.4 is 0 Å². The summed E-state index contributed by atoms with van der Waals surface area (Å²) >= 11 is 0. The Morgan fingerprint density at radius 1 is 0.500 bits per heavy atom. The fraction of sp³-hybridized carbons (Fsp3) is 0.667. The molecule has 0 aliphatic heterocycles. The monoisotopic (exact) mass is 490 g/mol. The van der Waals surface area contributed by atoms with Crippen LogP contribution in [0.3, 0.4) is 0 Å². The van der Waals surface area contributed by atoms with Crippen molar-refractivity contribution in [2.24, 2.45) is 5.92 Å². The van der Waals surface area contributed by atoms with E-state index in [4.69, 9.17) is 20.4 Å². The van der Waals surface area contributed by atoms with Crippen LogP contribution in [-0.4, -0.2) is 48.9 Å². The molecule has 0 aliphatic rings. The second-order valence-corrected chi connectivity index (χ2v) is 5.90. The standard InChI is InChI=1S/C14H24.C10H18.4CH4O.2CH4/c1-4-7-9-11-13-14(6-3)12-10-8-5-2;1-3-5-7-9-10-8-6-4-2;4*1-2;;/h6-10,14H,3-5,11-13H2,1-2H3;5-8H,3-4,9-10H2,1-2H3;4*2H,1H3;2*1H4/b9-7-,10-8+;7-5-,8-6+;;;;;;. The highest BCUT2D eigenvalue weighted by atomic mass is 16.2. The lowest BCUT2D eigenvalue weighted by Gasteiger charge is -2.07. The molecule has 4 N–H and O–H groups in total. The van der Waals surface area contributed by atoms with Gasteiger partial charge in [0.25, 0.3) is 0 Å². The van der Waals surface area contributed by atoms with Gasteiger partial charge in [0.15, 0.2) is 0 Å². The summed E-state index contributed by atoms with van der Waals surface area (Å²) in [7, 11) is 4.00. The van der Waals surface area contributed by atoms with Gasteiger partial charge in [0.2, 0.25) is 0 Å². The predicted molar refractivity (Wildman–Crippen MR) is 161 cm³/mol. The molecule has 0 saturated carbocycles. The van der Waals surface area contributed by atoms with Crippen LogP contribution in [0.2, 0.25) is 0 Å². The Bertz CT molecular complexity index is 345. The van der Waals surface area contributed by atoms with Crippen LogP contribution in [0.15, 0.2) is 61.3 Å². The summed E-state index contributed by atoms with van der Waals surface area (Å²) in [5, 5.41) is 28.0. The molecule has 0 radical (unpaired) electrons. The number of unbranched alkanes of at least 4 members (excludes halogenated alkanes) is 1. The normalized spacial score (nSPS) is 9.88. The molecule has 0 saturated heterocycles. The summed E-state index contributed by atoms with van der Waals surface area (Å²) in [6, 6.07) is 0. The van der Waals surface area contributed by atoms with E-state index in [-0.39, 0.29) is 14.9 Å². The van der Waals surface area contributed by atoms with E-state index in [0.717, 1.165) is 60.5 Å². The SMILES string of the molecule is C.C.C=CC(C/C=C/CC)CC/C=C\CC.CC/C=C\CC/C=C/CC.CO.CO.CO.CO. The zero-order chi connectivity index (χ0) is 26.3. The molecule has 0 spiro atoms. The molecule has 4 heteroatoms. The molecule has 0 aromatic carbocycles. The second kappa shape index (κ2) is 77.0. The molecular formula is C30H66O4. The molecule has 0 bridgehead atoms. The Morgan fingerprint density at radius 3 is 1.09 bits per heavy atom. The third-order valence-electron chi connectivity index (χ3n) is 3.59. The van der Waals surface area contributed by atoms with E-state index >= 15 is 0 Å². The van der Waals surface area contributed by atoms with Gasteiger partial charge in [-0.05, 0) is 63.7 Å². The van der Waals surface area contributed by atoms with Gasteiger partial charge in [-0.2, -0.15) is 0 Å². The first-order chi connectivity index (χ1) is 15.8. The van der Waals surface area contributed by atoms with Crippen molar-refractivity contribution in [3.63, 3.8) is 0 Å². The van der Waals surface area contributed by atoms with E-state index in [1.54, 1.807) is 0 Å². The van der Waals surface area contributed by atoms with E-state index in [0.29, 0.717) is 5.92 Å². The molecule has 4 nitrogen and oxygen atoms in total. The molecule has 0 aliphatic carbocycles. The van der Waals surface area contributed by atoms with E-state index in [2.05, 4.69) is 89.0 Å². The van der Waals surface area contributed by atoms with Gasteiger partial charge in [0.1, 0.15) is 0 Å². The van der Waals surface area contributed by atoms with Crippen LogP contribution in [0.5, 0.6) is 0 Å². The van der Waals surface area contributed by atoms with E-state index in [1.165, 1.54) is 25.7 Å². The molecule has 0 heterocycles. The van der Waals surface area contributed by atoms with E-state index in [1.807, 2.05) is 0 Å². The van der Waals surface area contributed by atoms with Crippen molar-refractivity contribution in [3.8, 4) is 0 Å². The Labute approximate surface area is 216 Å². The maximum atomic E-state index is 7.00. The van der Waals surface area contributed by atoms with E-state index < -0.39 is 0 Å². The fourth-order valence-corrected chi connectivity index (χ4v) is 2.13. The van der Waals surface area contributed by atoms with Gasteiger partial charge in [0.05, 0.1) is 0 Å². The lowest BCUT2D eigenvalue weighted by molar-refractivity contribution is 0.399. The second-order valence-electron chi connectivity index (χ2n) is 5.90. The summed E-state index contributed by atoms with van der Waals surface area (Å²) in [4.78, 5) is 0. The van der Waals surface area contributed by atoms with Crippen molar-refractivity contribution in [1.29, 1.82) is 0 Å². The minimum atomic E-state index is 0. The van der Waals surface area contributed by atoms with Crippen LogP contribution in [0, 0.1) is 5.92 Å². The van der Waals surface area contributed by atoms with Crippen molar-refractivity contribution in [2.45, 2.75) is 100 Å². The first-order valence-corrected chi connectivity index (χ1v) is 11.8. The van der Waals surface area contributed by atoms with Gasteiger partial charge in [-0.15, -0.1) is 6.58 Å². The average Bonchev–Trinajstić information content (AvgIpc) is 2.88. The number of rotatable bonds is 13. The Kier molecular flexibility index (Phi) is 122. The topological polar surface area (TPSA) is 80.9 Å². The fourth-order valence-electron chi connectivity index (χ4n) is 2.13. The van der Waals surface area contributed by atoms with Crippen molar-refractivity contribution in [2.75, 3.05) is 28.4 Å². The van der Waals surface area contributed by atoms with Crippen molar-refractivity contribution < 1.29 is 20.4 Å². The lowest BCUT2D eigenvalue weighted by atomic mass is 9.99. The van der Waals surface area contributed by atoms with Gasteiger partial charge in [-0.1, -0.05) is 97.2 Å². The molecule has 1 atom stereocenters. The van der Waals surface area contributed by atoms with Crippen LogP contribution in [0.4, 0.5) is 0 Å². The van der Waals surface area contributed by atoms with Gasteiger partial charge in [-0.3, -0.25) is 0 Å². The van der Waals surface area contributed by atoms with Gasteiger partial charge < -0.3 is 20.4 Å². The number of hydrogen-bond acceptors (Lipinski definition) is 4. The van der Waals surface area contributed by atoms with Crippen LogP contribution in [0.25, 0.3) is 0 Å². The predicted octanol–water partition coefficient (Wildman–Crippen LogP) is 8.30. The number of allylic oxidation sites excluding steroid dienone is 9. The molecular weight excluding hydrogens is 424 g/mol. The number of hydrogen-bond donors (Lipinski definition) is 4. The van der Waals surface area contributed by atoms with Gasteiger partial charge in [-0.25, -0.2) is 0 Å².